The molecule has 0 bridgehead atoms. The van der Waals surface area contributed by atoms with Gasteiger partial charge < -0.3 is 25.2 Å². The number of hydrogen-bond acceptors (Lipinski definition) is 7. The molecule has 0 radical (unpaired) electrons. The summed E-state index contributed by atoms with van der Waals surface area (Å²) < 4.78 is 10.2. The smallest absolute Gasteiger partial charge is 0.431 e. The Morgan fingerprint density at radius 3 is 2.07 bits per heavy atom. The van der Waals surface area contributed by atoms with Gasteiger partial charge in [0.1, 0.15) is 5.60 Å². The minimum absolute atomic E-state index is 0.1000. The van der Waals surface area contributed by atoms with Gasteiger partial charge in [-0.25, -0.2) is 9.59 Å². The van der Waals surface area contributed by atoms with Crippen LogP contribution >= 0.6 is 0 Å². The highest BCUT2D eigenvalue weighted by Gasteiger charge is 2.16. The maximum absolute atomic E-state index is 11.9. The third kappa shape index (κ3) is 11.0. The molecule has 0 aliphatic heterocycles. The van der Waals surface area contributed by atoms with Crippen molar-refractivity contribution < 1.29 is 38.6 Å². The van der Waals surface area contributed by atoms with E-state index in [0.717, 1.165) is 0 Å². The number of hydroxylamine groups is 1. The van der Waals surface area contributed by atoms with E-state index >= 15 is 0 Å². The Bertz CT molecular complexity index is 728. The fourth-order valence-electron chi connectivity index (χ4n) is 1.98. The van der Waals surface area contributed by atoms with Gasteiger partial charge in [-0.15, -0.1) is 0 Å². The average molecular weight is 425 g/mol. The number of carboxylic acid groups (broad SMARTS) is 1. The second-order valence-corrected chi connectivity index (χ2v) is 6.99. The highest BCUT2D eigenvalue weighted by molar-refractivity contribution is 5.95. The summed E-state index contributed by atoms with van der Waals surface area (Å²) in [5.41, 5.74) is 1.77. The summed E-state index contributed by atoms with van der Waals surface area (Å²) in [6.45, 7) is 5.63. The number of aromatic carboxylic acids is 1. The molecule has 1 aromatic rings. The summed E-state index contributed by atoms with van der Waals surface area (Å²) in [7, 11) is 0. The van der Waals surface area contributed by atoms with Gasteiger partial charge in [0.15, 0.2) is 6.61 Å². The molecule has 1 aromatic carbocycles. The first kappa shape index (κ1) is 24.9. The van der Waals surface area contributed by atoms with Crippen molar-refractivity contribution in [3.8, 4) is 0 Å². The molecule has 0 aliphatic carbocycles. The van der Waals surface area contributed by atoms with Gasteiger partial charge in [0.2, 0.25) is 5.91 Å². The summed E-state index contributed by atoms with van der Waals surface area (Å²) in [4.78, 5) is 50.3. The van der Waals surface area contributed by atoms with Crippen molar-refractivity contribution in [2.45, 2.75) is 26.4 Å². The minimum atomic E-state index is -1.06. The Morgan fingerprint density at radius 2 is 1.50 bits per heavy atom. The highest BCUT2D eigenvalue weighted by Crippen LogP contribution is 2.06. The number of rotatable bonds is 11. The van der Waals surface area contributed by atoms with Crippen molar-refractivity contribution in [2.75, 3.05) is 32.9 Å². The molecule has 0 aliphatic rings. The number of amides is 3. The maximum Gasteiger partial charge on any atom is 0.431 e. The number of carbonyl (C=O) groups excluding carboxylic acids is 3. The van der Waals surface area contributed by atoms with Crippen molar-refractivity contribution >= 4 is 23.9 Å². The van der Waals surface area contributed by atoms with Gasteiger partial charge in [0.25, 0.3) is 5.91 Å². The van der Waals surface area contributed by atoms with Gasteiger partial charge in [-0.1, -0.05) is 0 Å². The molecule has 0 heterocycles. The van der Waals surface area contributed by atoms with E-state index in [4.69, 9.17) is 19.4 Å². The summed E-state index contributed by atoms with van der Waals surface area (Å²) in [6, 6.07) is 5.55. The molecule has 30 heavy (non-hydrogen) atoms. The standard InChI is InChI=1S/C19H27N3O8/c1-19(2,3)30-18(27)22-29-12-15(23)20-8-10-28-11-9-21-16(24)13-4-6-14(7-5-13)17(25)26/h4-7H,8-12H2,1-3H3,(H,20,23)(H,21,24)(H,22,27)(H,25,26). The number of hydrogen-bond donors (Lipinski definition) is 4. The lowest BCUT2D eigenvalue weighted by atomic mass is 10.1. The first-order chi connectivity index (χ1) is 14.1. The zero-order valence-electron chi connectivity index (χ0n) is 17.1. The molecule has 0 saturated carbocycles. The highest BCUT2D eigenvalue weighted by atomic mass is 16.7. The predicted octanol–water partition coefficient (Wildman–Crippen LogP) is 0.704. The van der Waals surface area contributed by atoms with Gasteiger partial charge in [-0.2, -0.15) is 5.48 Å². The second kappa shape index (κ2) is 12.4. The summed E-state index contributed by atoms with van der Waals surface area (Å²) in [5.74, 6) is -1.86. The topological polar surface area (TPSA) is 152 Å². The minimum Gasteiger partial charge on any atom is -0.478 e. The predicted molar refractivity (Wildman–Crippen MR) is 105 cm³/mol. The Balaban J connectivity index is 2.06. The number of nitrogens with one attached hydrogen (secondary N) is 3. The molecular formula is C19H27N3O8. The average Bonchev–Trinajstić information content (AvgIpc) is 2.65. The lowest BCUT2D eigenvalue weighted by molar-refractivity contribution is -0.128. The van der Waals surface area contributed by atoms with Crippen LogP contribution < -0.4 is 16.1 Å². The van der Waals surface area contributed by atoms with Crippen molar-refractivity contribution in [1.29, 1.82) is 0 Å². The molecule has 0 unspecified atom stereocenters. The molecule has 0 spiro atoms. The van der Waals surface area contributed by atoms with Crippen molar-refractivity contribution in [3.63, 3.8) is 0 Å². The Kier molecular flexibility index (Phi) is 10.3. The van der Waals surface area contributed by atoms with Crippen molar-refractivity contribution in [2.24, 2.45) is 0 Å². The molecule has 0 fully saturated rings. The number of benzene rings is 1. The van der Waals surface area contributed by atoms with Crippen molar-refractivity contribution in [1.82, 2.24) is 16.1 Å². The first-order valence-electron chi connectivity index (χ1n) is 9.15. The van der Waals surface area contributed by atoms with E-state index < -0.39 is 23.6 Å². The van der Waals surface area contributed by atoms with E-state index in [2.05, 4.69) is 10.6 Å². The fraction of sp³-hybridized carbons (Fsp3) is 0.474. The molecule has 166 valence electrons. The van der Waals surface area contributed by atoms with E-state index in [1.807, 2.05) is 5.48 Å². The van der Waals surface area contributed by atoms with Crippen LogP contribution in [0.3, 0.4) is 0 Å². The van der Waals surface area contributed by atoms with Crippen LogP contribution in [0, 0.1) is 0 Å². The number of carbonyl (C=O) groups is 4. The fourth-order valence-corrected chi connectivity index (χ4v) is 1.98. The molecule has 11 nitrogen and oxygen atoms in total. The third-order valence-corrected chi connectivity index (χ3v) is 3.25. The van der Waals surface area contributed by atoms with E-state index in [-0.39, 0.29) is 44.4 Å². The van der Waals surface area contributed by atoms with Gasteiger partial charge >= 0.3 is 12.1 Å². The number of ether oxygens (including phenoxy) is 2. The van der Waals surface area contributed by atoms with Crippen LogP contribution in [0.4, 0.5) is 4.79 Å². The van der Waals surface area contributed by atoms with Crippen LogP contribution in [0.1, 0.15) is 41.5 Å². The van der Waals surface area contributed by atoms with Crippen LogP contribution in [0.5, 0.6) is 0 Å². The van der Waals surface area contributed by atoms with Crippen molar-refractivity contribution in [3.05, 3.63) is 35.4 Å². The molecule has 1 rings (SSSR count). The van der Waals surface area contributed by atoms with Crippen LogP contribution in [0.2, 0.25) is 0 Å². The first-order valence-corrected chi connectivity index (χ1v) is 9.15. The van der Waals surface area contributed by atoms with Gasteiger partial charge in [-0.3, -0.25) is 14.4 Å². The van der Waals surface area contributed by atoms with Crippen LogP contribution in [-0.4, -0.2) is 67.5 Å². The Labute approximate surface area is 174 Å². The third-order valence-electron chi connectivity index (χ3n) is 3.25. The lowest BCUT2D eigenvalue weighted by Gasteiger charge is -2.19. The Hall–Kier alpha value is -3.18. The van der Waals surface area contributed by atoms with E-state index in [9.17, 15) is 19.2 Å². The SMILES string of the molecule is CC(C)(C)OC(=O)NOCC(=O)NCCOCCNC(=O)c1ccc(C(=O)O)cc1. The van der Waals surface area contributed by atoms with E-state index in [0.29, 0.717) is 5.56 Å². The van der Waals surface area contributed by atoms with Gasteiger partial charge in [0.05, 0.1) is 18.8 Å². The zero-order valence-corrected chi connectivity index (χ0v) is 17.1. The van der Waals surface area contributed by atoms with E-state index in [1.54, 1.807) is 20.8 Å². The molecule has 0 atom stereocenters. The van der Waals surface area contributed by atoms with Gasteiger partial charge in [0, 0.05) is 18.7 Å². The van der Waals surface area contributed by atoms with Crippen LogP contribution in [0.15, 0.2) is 24.3 Å². The molecular weight excluding hydrogens is 398 g/mol. The van der Waals surface area contributed by atoms with E-state index in [1.165, 1.54) is 24.3 Å². The molecule has 0 aromatic heterocycles. The lowest BCUT2D eigenvalue weighted by Crippen LogP contribution is -2.37. The summed E-state index contributed by atoms with van der Waals surface area (Å²) in [5, 5.41) is 14.0. The maximum atomic E-state index is 11.9. The normalized spacial score (nSPS) is 10.8. The van der Waals surface area contributed by atoms with Crippen LogP contribution in [-0.2, 0) is 19.1 Å². The molecule has 0 saturated heterocycles. The monoisotopic (exact) mass is 425 g/mol. The molecule has 4 N–H and O–H groups in total. The molecule has 3 amide bonds. The largest absolute Gasteiger partial charge is 0.478 e. The van der Waals surface area contributed by atoms with Gasteiger partial charge in [-0.05, 0) is 45.0 Å². The molecule has 11 heteroatoms. The zero-order chi connectivity index (χ0) is 22.6. The second-order valence-electron chi connectivity index (χ2n) is 6.99. The number of carboxylic acids is 1. The Morgan fingerprint density at radius 1 is 0.933 bits per heavy atom. The van der Waals surface area contributed by atoms with Crippen LogP contribution in [0.25, 0.3) is 0 Å². The summed E-state index contributed by atoms with van der Waals surface area (Å²) >= 11 is 0. The summed E-state index contributed by atoms with van der Waals surface area (Å²) in [6.07, 6.45) is -0.793. The quantitative estimate of drug-likeness (QED) is 0.299.